The third-order valence-corrected chi connectivity index (χ3v) is 4.13. The zero-order valence-electron chi connectivity index (χ0n) is 5.81. The number of rotatable bonds is 3. The third kappa shape index (κ3) is 2.98. The molecule has 0 nitrogen and oxygen atoms in total. The molecule has 1 aromatic heterocycles. The number of hydrogen-bond donors (Lipinski definition) is 1. The number of thiophene rings is 1. The van der Waals surface area contributed by atoms with Crippen LogP contribution in [0.1, 0.15) is 11.3 Å². The SMILES string of the molecule is SCCCc1cc(Br)c(Cl)s1. The molecule has 1 heterocycles. The summed E-state index contributed by atoms with van der Waals surface area (Å²) < 4.78 is 1.86. The van der Waals surface area contributed by atoms with E-state index in [9.17, 15) is 0 Å². The molecule has 0 bridgehead atoms. The van der Waals surface area contributed by atoms with Gasteiger partial charge in [-0.15, -0.1) is 11.3 Å². The Bertz CT molecular complexity index is 215. The van der Waals surface area contributed by atoms with Crippen LogP contribution in [0.25, 0.3) is 0 Å². The lowest BCUT2D eigenvalue weighted by atomic mass is 10.3. The van der Waals surface area contributed by atoms with Gasteiger partial charge in [0.15, 0.2) is 0 Å². The van der Waals surface area contributed by atoms with Crippen molar-refractivity contribution in [1.82, 2.24) is 0 Å². The molecule has 4 heteroatoms. The van der Waals surface area contributed by atoms with Crippen LogP contribution >= 0.6 is 51.5 Å². The Hall–Kier alpha value is 0.820. The van der Waals surface area contributed by atoms with E-state index in [4.69, 9.17) is 11.6 Å². The first-order valence-corrected chi connectivity index (χ1v) is 5.90. The van der Waals surface area contributed by atoms with Crippen LogP contribution in [0, 0.1) is 0 Å². The van der Waals surface area contributed by atoms with Crippen molar-refractivity contribution in [2.24, 2.45) is 0 Å². The van der Waals surface area contributed by atoms with Crippen molar-refractivity contribution in [3.63, 3.8) is 0 Å². The maximum absolute atomic E-state index is 5.86. The third-order valence-electron chi connectivity index (χ3n) is 1.28. The van der Waals surface area contributed by atoms with Gasteiger partial charge in [-0.1, -0.05) is 11.6 Å². The Kier molecular flexibility index (Phi) is 4.28. The summed E-state index contributed by atoms with van der Waals surface area (Å²) in [6, 6.07) is 2.08. The van der Waals surface area contributed by atoms with E-state index in [1.165, 1.54) is 4.88 Å². The Labute approximate surface area is 89.5 Å². The lowest BCUT2D eigenvalue weighted by Gasteiger charge is -1.90. The summed E-state index contributed by atoms with van der Waals surface area (Å²) in [6.07, 6.45) is 2.20. The van der Waals surface area contributed by atoms with Crippen LogP contribution in [0.5, 0.6) is 0 Å². The van der Waals surface area contributed by atoms with Crippen LogP contribution in [0.2, 0.25) is 4.34 Å². The average molecular weight is 272 g/mol. The quantitative estimate of drug-likeness (QED) is 0.789. The monoisotopic (exact) mass is 270 g/mol. The van der Waals surface area contributed by atoms with Gasteiger partial charge in [-0.2, -0.15) is 12.6 Å². The number of halogens is 2. The molecule has 0 fully saturated rings. The van der Waals surface area contributed by atoms with Gasteiger partial charge in [-0.05, 0) is 40.6 Å². The lowest BCUT2D eigenvalue weighted by molar-refractivity contribution is 0.955. The summed E-state index contributed by atoms with van der Waals surface area (Å²) in [5.74, 6) is 0.938. The van der Waals surface area contributed by atoms with Crippen molar-refractivity contribution in [3.05, 3.63) is 19.8 Å². The van der Waals surface area contributed by atoms with Gasteiger partial charge in [0.1, 0.15) is 4.34 Å². The minimum absolute atomic E-state index is 0.846. The van der Waals surface area contributed by atoms with E-state index in [0.29, 0.717) is 0 Å². The fourth-order valence-corrected chi connectivity index (χ4v) is 2.76. The molecule has 0 atom stereocenters. The van der Waals surface area contributed by atoms with E-state index in [1.54, 1.807) is 11.3 Å². The summed E-state index contributed by atoms with van der Waals surface area (Å²) in [4.78, 5) is 1.33. The normalized spacial score (nSPS) is 10.5. The second-order valence-corrected chi connectivity index (χ2v) is 5.20. The van der Waals surface area contributed by atoms with Crippen LogP contribution in [-0.2, 0) is 6.42 Å². The molecule has 0 saturated carbocycles. The second kappa shape index (κ2) is 4.75. The first-order chi connectivity index (χ1) is 5.24. The van der Waals surface area contributed by atoms with Crippen molar-refractivity contribution < 1.29 is 0 Å². The van der Waals surface area contributed by atoms with Gasteiger partial charge in [0.05, 0.1) is 0 Å². The van der Waals surface area contributed by atoms with Gasteiger partial charge < -0.3 is 0 Å². The molecule has 0 unspecified atom stereocenters. The summed E-state index contributed by atoms with van der Waals surface area (Å²) in [7, 11) is 0. The predicted octanol–water partition coefficient (Wildman–Crippen LogP) is 4.03. The topological polar surface area (TPSA) is 0 Å². The summed E-state index contributed by atoms with van der Waals surface area (Å²) in [5, 5.41) is 0. The van der Waals surface area contributed by atoms with Crippen LogP contribution in [0.4, 0.5) is 0 Å². The molecule has 1 aromatic rings. The first kappa shape index (κ1) is 9.90. The van der Waals surface area contributed by atoms with Gasteiger partial charge in [0, 0.05) is 9.35 Å². The standard InChI is InChI=1S/C7H8BrClS2/c8-6-4-5(2-1-3-10)11-7(6)9/h4,10H,1-3H2. The molecule has 0 N–H and O–H groups in total. The summed E-state index contributed by atoms with van der Waals surface area (Å²) >= 11 is 15.0. The van der Waals surface area contributed by atoms with E-state index in [0.717, 1.165) is 27.4 Å². The molecule has 0 aliphatic heterocycles. The van der Waals surface area contributed by atoms with Gasteiger partial charge in [0.2, 0.25) is 0 Å². The first-order valence-electron chi connectivity index (χ1n) is 3.28. The Morgan fingerprint density at radius 3 is 2.82 bits per heavy atom. The van der Waals surface area contributed by atoms with Crippen molar-refractivity contribution in [3.8, 4) is 0 Å². The van der Waals surface area contributed by atoms with Crippen molar-refractivity contribution in [2.75, 3.05) is 5.75 Å². The van der Waals surface area contributed by atoms with Gasteiger partial charge in [0.25, 0.3) is 0 Å². The maximum atomic E-state index is 5.86. The maximum Gasteiger partial charge on any atom is 0.107 e. The van der Waals surface area contributed by atoms with Gasteiger partial charge in [-0.3, -0.25) is 0 Å². The zero-order valence-corrected chi connectivity index (χ0v) is 9.86. The van der Waals surface area contributed by atoms with E-state index < -0.39 is 0 Å². The molecule has 0 spiro atoms. The highest BCUT2D eigenvalue weighted by Gasteiger charge is 2.02. The minimum Gasteiger partial charge on any atom is -0.179 e. The average Bonchev–Trinajstić information content (AvgIpc) is 2.28. The highest BCUT2D eigenvalue weighted by atomic mass is 79.9. The summed E-state index contributed by atoms with van der Waals surface area (Å²) in [6.45, 7) is 0. The van der Waals surface area contributed by atoms with Crippen molar-refractivity contribution >= 4 is 51.5 Å². The van der Waals surface area contributed by atoms with Gasteiger partial charge in [-0.25, -0.2) is 0 Å². The predicted molar refractivity (Wildman–Crippen MR) is 59.2 cm³/mol. The fraction of sp³-hybridized carbons (Fsp3) is 0.429. The largest absolute Gasteiger partial charge is 0.179 e. The number of aryl methyl sites for hydroxylation is 1. The van der Waals surface area contributed by atoms with E-state index in [1.807, 2.05) is 0 Å². The number of hydrogen-bond acceptors (Lipinski definition) is 2. The number of thiol groups is 1. The van der Waals surface area contributed by atoms with Gasteiger partial charge >= 0.3 is 0 Å². The molecule has 0 aliphatic rings. The van der Waals surface area contributed by atoms with Crippen LogP contribution in [-0.4, -0.2) is 5.75 Å². The van der Waals surface area contributed by atoms with E-state index >= 15 is 0 Å². The fourth-order valence-electron chi connectivity index (χ4n) is 0.768. The molecule has 62 valence electrons. The molecular weight excluding hydrogens is 264 g/mol. The highest BCUT2D eigenvalue weighted by Crippen LogP contribution is 2.32. The smallest absolute Gasteiger partial charge is 0.107 e. The van der Waals surface area contributed by atoms with Crippen molar-refractivity contribution in [1.29, 1.82) is 0 Å². The molecule has 0 aliphatic carbocycles. The minimum atomic E-state index is 0.846. The molecule has 11 heavy (non-hydrogen) atoms. The van der Waals surface area contributed by atoms with E-state index in [2.05, 4.69) is 34.6 Å². The molecule has 0 amide bonds. The second-order valence-electron chi connectivity index (χ2n) is 2.16. The van der Waals surface area contributed by atoms with Crippen LogP contribution in [0.15, 0.2) is 10.5 Å². The highest BCUT2D eigenvalue weighted by molar-refractivity contribution is 9.10. The molecule has 1 rings (SSSR count). The Balaban J connectivity index is 2.58. The summed E-state index contributed by atoms with van der Waals surface area (Å²) in [5.41, 5.74) is 0. The molecule has 0 radical (unpaired) electrons. The lowest BCUT2D eigenvalue weighted by Crippen LogP contribution is -1.79. The van der Waals surface area contributed by atoms with Crippen LogP contribution in [0.3, 0.4) is 0 Å². The Morgan fingerprint density at radius 2 is 2.36 bits per heavy atom. The Morgan fingerprint density at radius 1 is 1.64 bits per heavy atom. The molecule has 0 aromatic carbocycles. The zero-order chi connectivity index (χ0) is 8.27. The van der Waals surface area contributed by atoms with E-state index in [-0.39, 0.29) is 0 Å². The van der Waals surface area contributed by atoms with Crippen molar-refractivity contribution in [2.45, 2.75) is 12.8 Å². The van der Waals surface area contributed by atoms with Crippen LogP contribution < -0.4 is 0 Å². The molecule has 0 saturated heterocycles. The molecular formula is C7H8BrClS2.